The summed E-state index contributed by atoms with van der Waals surface area (Å²) in [5.41, 5.74) is 1.21. The van der Waals surface area contributed by atoms with E-state index in [9.17, 15) is 4.79 Å². The maximum absolute atomic E-state index is 11.4. The lowest BCUT2D eigenvalue weighted by molar-refractivity contribution is 0.0823. The van der Waals surface area contributed by atoms with Crippen LogP contribution in [-0.2, 0) is 11.2 Å². The van der Waals surface area contributed by atoms with E-state index < -0.39 is 0 Å². The van der Waals surface area contributed by atoms with E-state index in [0.29, 0.717) is 12.5 Å². The number of alkyl carbamates (subject to hydrolysis) is 1. The summed E-state index contributed by atoms with van der Waals surface area (Å²) in [6, 6.07) is 10.1. The minimum absolute atomic E-state index is 0.0493. The maximum Gasteiger partial charge on any atom is 0.407 e. The first-order valence-electron chi connectivity index (χ1n) is 6.08. The standard InChI is InChI=1S/C14H21NO2/c1-11(2)12(3)17-14(16)15-10-9-13-7-5-4-6-8-13/h4-8,11-12H,9-10H2,1-3H3,(H,15,16). The first-order valence-corrected chi connectivity index (χ1v) is 6.08. The van der Waals surface area contributed by atoms with Crippen LogP contribution in [0.3, 0.4) is 0 Å². The lowest BCUT2D eigenvalue weighted by Gasteiger charge is -2.16. The largest absolute Gasteiger partial charge is 0.446 e. The van der Waals surface area contributed by atoms with Crippen molar-refractivity contribution >= 4 is 6.09 Å². The molecular formula is C14H21NO2. The van der Waals surface area contributed by atoms with Gasteiger partial charge in [0.1, 0.15) is 6.10 Å². The summed E-state index contributed by atoms with van der Waals surface area (Å²) >= 11 is 0. The minimum Gasteiger partial charge on any atom is -0.446 e. The second kappa shape index (κ2) is 6.94. The fourth-order valence-corrected chi connectivity index (χ4v) is 1.30. The van der Waals surface area contributed by atoms with Crippen LogP contribution in [0.4, 0.5) is 4.79 Å². The molecule has 0 fully saturated rings. The Labute approximate surface area is 103 Å². The van der Waals surface area contributed by atoms with E-state index in [2.05, 4.69) is 5.32 Å². The summed E-state index contributed by atoms with van der Waals surface area (Å²) < 4.78 is 5.20. The zero-order valence-corrected chi connectivity index (χ0v) is 10.8. The van der Waals surface area contributed by atoms with E-state index in [1.807, 2.05) is 51.1 Å². The number of carbonyl (C=O) groups is 1. The fourth-order valence-electron chi connectivity index (χ4n) is 1.30. The van der Waals surface area contributed by atoms with Gasteiger partial charge in [-0.2, -0.15) is 0 Å². The Morgan fingerprint density at radius 2 is 1.88 bits per heavy atom. The molecule has 0 aliphatic heterocycles. The molecule has 0 radical (unpaired) electrons. The molecular weight excluding hydrogens is 214 g/mol. The van der Waals surface area contributed by atoms with Gasteiger partial charge in [-0.15, -0.1) is 0 Å². The lowest BCUT2D eigenvalue weighted by Crippen LogP contribution is -2.31. The van der Waals surface area contributed by atoms with Crippen LogP contribution in [-0.4, -0.2) is 18.7 Å². The van der Waals surface area contributed by atoms with Crippen LogP contribution in [0.2, 0.25) is 0 Å². The number of amides is 1. The monoisotopic (exact) mass is 235 g/mol. The maximum atomic E-state index is 11.4. The highest BCUT2D eigenvalue weighted by molar-refractivity contribution is 5.67. The molecule has 0 saturated carbocycles. The topological polar surface area (TPSA) is 38.3 Å². The smallest absolute Gasteiger partial charge is 0.407 e. The molecule has 1 rings (SSSR count). The van der Waals surface area contributed by atoms with Gasteiger partial charge in [0.2, 0.25) is 0 Å². The summed E-state index contributed by atoms with van der Waals surface area (Å²) in [5, 5.41) is 2.76. The van der Waals surface area contributed by atoms with E-state index in [1.165, 1.54) is 5.56 Å². The number of hydrogen-bond acceptors (Lipinski definition) is 2. The van der Waals surface area contributed by atoms with Crippen molar-refractivity contribution < 1.29 is 9.53 Å². The zero-order valence-electron chi connectivity index (χ0n) is 10.8. The fraction of sp³-hybridized carbons (Fsp3) is 0.500. The Hall–Kier alpha value is -1.51. The molecule has 1 aromatic rings. The molecule has 0 aliphatic rings. The minimum atomic E-state index is -0.331. The van der Waals surface area contributed by atoms with Crippen molar-refractivity contribution in [2.24, 2.45) is 5.92 Å². The van der Waals surface area contributed by atoms with E-state index in [-0.39, 0.29) is 12.2 Å². The van der Waals surface area contributed by atoms with Gasteiger partial charge in [0, 0.05) is 6.54 Å². The van der Waals surface area contributed by atoms with Crippen molar-refractivity contribution in [3.05, 3.63) is 35.9 Å². The lowest BCUT2D eigenvalue weighted by atomic mass is 10.1. The first-order chi connectivity index (χ1) is 8.09. The molecule has 1 unspecified atom stereocenters. The summed E-state index contributed by atoms with van der Waals surface area (Å²) in [6.07, 6.45) is 0.445. The molecule has 1 amide bonds. The predicted molar refractivity (Wildman–Crippen MR) is 68.9 cm³/mol. The molecule has 94 valence electrons. The van der Waals surface area contributed by atoms with Crippen molar-refractivity contribution in [2.45, 2.75) is 33.3 Å². The van der Waals surface area contributed by atoms with Gasteiger partial charge in [0.25, 0.3) is 0 Å². The van der Waals surface area contributed by atoms with Crippen molar-refractivity contribution in [1.29, 1.82) is 0 Å². The van der Waals surface area contributed by atoms with Crippen LogP contribution in [0.1, 0.15) is 26.3 Å². The molecule has 0 spiro atoms. The third-order valence-corrected chi connectivity index (χ3v) is 2.76. The molecule has 1 aromatic carbocycles. The van der Waals surface area contributed by atoms with Crippen LogP contribution in [0.5, 0.6) is 0 Å². The van der Waals surface area contributed by atoms with Crippen LogP contribution < -0.4 is 5.32 Å². The van der Waals surface area contributed by atoms with Gasteiger partial charge in [-0.25, -0.2) is 4.79 Å². The van der Waals surface area contributed by atoms with Gasteiger partial charge >= 0.3 is 6.09 Å². The summed E-state index contributed by atoms with van der Waals surface area (Å²) in [6.45, 7) is 6.57. The predicted octanol–water partition coefficient (Wildman–Crippen LogP) is 3.00. The van der Waals surface area contributed by atoms with Crippen LogP contribution in [0.15, 0.2) is 30.3 Å². The molecule has 3 heteroatoms. The van der Waals surface area contributed by atoms with Gasteiger partial charge in [0.05, 0.1) is 0 Å². The molecule has 0 saturated heterocycles. The molecule has 0 bridgehead atoms. The number of ether oxygens (including phenoxy) is 1. The van der Waals surface area contributed by atoms with E-state index >= 15 is 0 Å². The Morgan fingerprint density at radius 1 is 1.24 bits per heavy atom. The second-order valence-corrected chi connectivity index (χ2v) is 4.52. The molecule has 17 heavy (non-hydrogen) atoms. The molecule has 1 atom stereocenters. The van der Waals surface area contributed by atoms with Gasteiger partial charge in [0.15, 0.2) is 0 Å². The third kappa shape index (κ3) is 5.38. The van der Waals surface area contributed by atoms with Crippen molar-refractivity contribution in [1.82, 2.24) is 5.32 Å². The number of nitrogens with one attached hydrogen (secondary N) is 1. The number of carbonyl (C=O) groups excluding carboxylic acids is 1. The highest BCUT2D eigenvalue weighted by atomic mass is 16.6. The van der Waals surface area contributed by atoms with Gasteiger partial charge in [-0.05, 0) is 24.8 Å². The Morgan fingerprint density at radius 3 is 2.47 bits per heavy atom. The second-order valence-electron chi connectivity index (χ2n) is 4.52. The van der Waals surface area contributed by atoms with Crippen LogP contribution in [0, 0.1) is 5.92 Å². The molecule has 3 nitrogen and oxygen atoms in total. The van der Waals surface area contributed by atoms with E-state index in [0.717, 1.165) is 6.42 Å². The van der Waals surface area contributed by atoms with E-state index in [1.54, 1.807) is 0 Å². The summed E-state index contributed by atoms with van der Waals surface area (Å²) in [4.78, 5) is 11.4. The molecule has 1 N–H and O–H groups in total. The number of hydrogen-bond donors (Lipinski definition) is 1. The number of rotatable bonds is 5. The SMILES string of the molecule is CC(C)C(C)OC(=O)NCCc1ccccc1. The first kappa shape index (κ1) is 13.6. The Bertz CT molecular complexity index is 335. The van der Waals surface area contributed by atoms with Gasteiger partial charge in [-0.3, -0.25) is 0 Å². The van der Waals surface area contributed by atoms with Crippen LogP contribution >= 0.6 is 0 Å². The normalized spacial score (nSPS) is 12.2. The van der Waals surface area contributed by atoms with Crippen LogP contribution in [0.25, 0.3) is 0 Å². The average molecular weight is 235 g/mol. The Balaban J connectivity index is 2.21. The quantitative estimate of drug-likeness (QED) is 0.852. The van der Waals surface area contributed by atoms with Gasteiger partial charge in [-0.1, -0.05) is 44.2 Å². The highest BCUT2D eigenvalue weighted by Gasteiger charge is 2.11. The third-order valence-electron chi connectivity index (χ3n) is 2.76. The number of benzene rings is 1. The highest BCUT2D eigenvalue weighted by Crippen LogP contribution is 2.05. The summed E-state index contributed by atoms with van der Waals surface area (Å²) in [5.74, 6) is 0.342. The van der Waals surface area contributed by atoms with Crippen molar-refractivity contribution in [3.8, 4) is 0 Å². The van der Waals surface area contributed by atoms with Gasteiger partial charge < -0.3 is 10.1 Å². The van der Waals surface area contributed by atoms with E-state index in [4.69, 9.17) is 4.74 Å². The molecule has 0 aromatic heterocycles. The Kier molecular flexibility index (Phi) is 5.53. The van der Waals surface area contributed by atoms with Crippen molar-refractivity contribution in [2.75, 3.05) is 6.54 Å². The zero-order chi connectivity index (χ0) is 12.7. The average Bonchev–Trinajstić information content (AvgIpc) is 2.30. The van der Waals surface area contributed by atoms with Crippen molar-refractivity contribution in [3.63, 3.8) is 0 Å². The molecule has 0 heterocycles. The summed E-state index contributed by atoms with van der Waals surface area (Å²) in [7, 11) is 0. The molecule has 0 aliphatic carbocycles.